The minimum Gasteiger partial charge on any atom is -0.399 e. The van der Waals surface area contributed by atoms with E-state index in [-0.39, 0.29) is 5.91 Å². The normalized spacial score (nSPS) is 10.5. The lowest BCUT2D eigenvalue weighted by atomic mass is 10.3. The highest BCUT2D eigenvalue weighted by molar-refractivity contribution is 8.01. The van der Waals surface area contributed by atoms with Gasteiger partial charge in [-0.1, -0.05) is 23.4 Å². The van der Waals surface area contributed by atoms with Crippen molar-refractivity contribution in [1.29, 1.82) is 0 Å². The molecule has 0 spiro atoms. The van der Waals surface area contributed by atoms with Gasteiger partial charge in [0.2, 0.25) is 5.91 Å². The molecule has 4 nitrogen and oxygen atoms in total. The average Bonchev–Trinajstić information content (AvgIpc) is 2.79. The second-order valence-electron chi connectivity index (χ2n) is 4.14. The van der Waals surface area contributed by atoms with Crippen molar-refractivity contribution in [2.24, 2.45) is 0 Å². The number of anilines is 2. The summed E-state index contributed by atoms with van der Waals surface area (Å²) in [5, 5.41) is 5.21. The van der Waals surface area contributed by atoms with E-state index in [0.29, 0.717) is 28.6 Å². The van der Waals surface area contributed by atoms with E-state index in [1.807, 2.05) is 12.3 Å². The smallest absolute Gasteiger partial charge is 0.225 e. The zero-order chi connectivity index (χ0) is 14.5. The molecule has 2 rings (SSSR count). The van der Waals surface area contributed by atoms with Crippen LogP contribution in [0, 0.1) is 6.92 Å². The number of thioether (sulfide) groups is 1. The van der Waals surface area contributed by atoms with Gasteiger partial charge in [0.25, 0.3) is 0 Å². The Morgan fingerprint density at radius 2 is 2.35 bits per heavy atom. The maximum atomic E-state index is 11.8. The van der Waals surface area contributed by atoms with Crippen molar-refractivity contribution in [3.63, 3.8) is 0 Å². The molecule has 0 aliphatic rings. The Morgan fingerprint density at radius 3 is 3.00 bits per heavy atom. The Kier molecular flexibility index (Phi) is 5.28. The van der Waals surface area contributed by atoms with E-state index in [4.69, 9.17) is 17.3 Å². The molecular weight excluding hydrogens is 314 g/mol. The third-order valence-electron chi connectivity index (χ3n) is 2.42. The van der Waals surface area contributed by atoms with Gasteiger partial charge in [-0.15, -0.1) is 11.3 Å². The van der Waals surface area contributed by atoms with E-state index >= 15 is 0 Å². The summed E-state index contributed by atoms with van der Waals surface area (Å²) in [5.74, 6) is 0.614. The van der Waals surface area contributed by atoms with Gasteiger partial charge in [-0.05, 0) is 25.1 Å². The van der Waals surface area contributed by atoms with Crippen molar-refractivity contribution in [2.45, 2.75) is 17.7 Å². The van der Waals surface area contributed by atoms with Crippen LogP contribution in [0.15, 0.2) is 27.9 Å². The number of nitrogens with two attached hydrogens (primary N) is 1. The van der Waals surface area contributed by atoms with Crippen LogP contribution >= 0.6 is 34.7 Å². The van der Waals surface area contributed by atoms with Crippen molar-refractivity contribution in [2.75, 3.05) is 16.8 Å². The predicted molar refractivity (Wildman–Crippen MR) is 86.7 cm³/mol. The number of nitrogen functional groups attached to an aromatic ring is 1. The van der Waals surface area contributed by atoms with Crippen molar-refractivity contribution < 1.29 is 4.79 Å². The average molecular weight is 328 g/mol. The van der Waals surface area contributed by atoms with Crippen LogP contribution in [-0.4, -0.2) is 16.6 Å². The summed E-state index contributed by atoms with van der Waals surface area (Å²) in [6.07, 6.45) is 0.407. The molecule has 1 aromatic carbocycles. The summed E-state index contributed by atoms with van der Waals surface area (Å²) in [7, 11) is 0. The lowest BCUT2D eigenvalue weighted by Crippen LogP contribution is -2.12. The van der Waals surface area contributed by atoms with Crippen LogP contribution in [0.5, 0.6) is 0 Å². The molecule has 20 heavy (non-hydrogen) atoms. The Labute approximate surface area is 130 Å². The monoisotopic (exact) mass is 327 g/mol. The van der Waals surface area contributed by atoms with Gasteiger partial charge >= 0.3 is 0 Å². The van der Waals surface area contributed by atoms with Gasteiger partial charge in [-0.25, -0.2) is 4.98 Å². The molecule has 0 aliphatic heterocycles. The number of hydrogen-bond acceptors (Lipinski definition) is 5. The zero-order valence-electron chi connectivity index (χ0n) is 10.9. The summed E-state index contributed by atoms with van der Waals surface area (Å²) >= 11 is 9.17. The minimum absolute atomic E-state index is 0.0718. The second kappa shape index (κ2) is 6.97. The molecule has 1 heterocycles. The van der Waals surface area contributed by atoms with E-state index in [1.54, 1.807) is 41.3 Å². The second-order valence-corrected chi connectivity index (χ2v) is 6.75. The molecular formula is C13H14ClN3OS2. The molecule has 1 amide bonds. The summed E-state index contributed by atoms with van der Waals surface area (Å²) in [5.41, 5.74) is 7.76. The van der Waals surface area contributed by atoms with Gasteiger partial charge < -0.3 is 11.1 Å². The zero-order valence-corrected chi connectivity index (χ0v) is 13.2. The first kappa shape index (κ1) is 15.2. The number of aryl methyl sites for hydroxylation is 1. The van der Waals surface area contributed by atoms with Crippen molar-refractivity contribution in [3.05, 3.63) is 34.3 Å². The highest BCUT2D eigenvalue weighted by atomic mass is 35.5. The van der Waals surface area contributed by atoms with Crippen LogP contribution in [0.25, 0.3) is 0 Å². The molecule has 0 fully saturated rings. The van der Waals surface area contributed by atoms with E-state index in [0.717, 1.165) is 10.0 Å². The van der Waals surface area contributed by atoms with Crippen LogP contribution in [0.4, 0.5) is 11.4 Å². The molecule has 0 saturated carbocycles. The molecule has 0 atom stereocenters. The third kappa shape index (κ3) is 4.40. The molecule has 0 saturated heterocycles. The number of amides is 1. The summed E-state index contributed by atoms with van der Waals surface area (Å²) < 4.78 is 0.987. The van der Waals surface area contributed by atoms with Crippen LogP contribution in [0.3, 0.4) is 0 Å². The molecule has 0 bridgehead atoms. The first-order valence-corrected chi connectivity index (χ1v) is 8.19. The van der Waals surface area contributed by atoms with Crippen LogP contribution < -0.4 is 11.1 Å². The van der Waals surface area contributed by atoms with Crippen molar-refractivity contribution in [3.8, 4) is 0 Å². The topological polar surface area (TPSA) is 68.0 Å². The maximum absolute atomic E-state index is 11.8. The number of halogens is 1. The predicted octanol–water partition coefficient (Wildman–Crippen LogP) is 3.81. The van der Waals surface area contributed by atoms with E-state index in [1.165, 1.54) is 0 Å². The molecule has 1 aromatic heterocycles. The van der Waals surface area contributed by atoms with Gasteiger partial charge in [-0.3, -0.25) is 4.79 Å². The van der Waals surface area contributed by atoms with Gasteiger partial charge in [0.1, 0.15) is 4.34 Å². The number of benzene rings is 1. The maximum Gasteiger partial charge on any atom is 0.225 e. The first-order chi connectivity index (χ1) is 9.54. The van der Waals surface area contributed by atoms with Crippen molar-refractivity contribution >= 4 is 52.0 Å². The van der Waals surface area contributed by atoms with E-state index in [9.17, 15) is 4.79 Å². The first-order valence-electron chi connectivity index (χ1n) is 5.94. The fraction of sp³-hybridized carbons (Fsp3) is 0.231. The lowest BCUT2D eigenvalue weighted by Gasteiger charge is -2.07. The van der Waals surface area contributed by atoms with Crippen LogP contribution in [0.2, 0.25) is 5.02 Å². The van der Waals surface area contributed by atoms with Gasteiger partial charge in [-0.2, -0.15) is 0 Å². The number of hydrogen-bond donors (Lipinski definition) is 2. The molecule has 106 valence electrons. The SMILES string of the molecule is Cc1csc(SCCC(=O)Nc2ccc(N)cc2Cl)n1. The molecule has 0 radical (unpaired) electrons. The quantitative estimate of drug-likeness (QED) is 0.647. The minimum atomic E-state index is -0.0718. The third-order valence-corrected chi connectivity index (χ3v) is 4.87. The molecule has 7 heteroatoms. The van der Waals surface area contributed by atoms with Gasteiger partial charge in [0.15, 0.2) is 0 Å². The molecule has 2 aromatic rings. The Hall–Kier alpha value is -1.24. The highest BCUT2D eigenvalue weighted by Gasteiger charge is 2.07. The lowest BCUT2D eigenvalue weighted by molar-refractivity contribution is -0.115. The van der Waals surface area contributed by atoms with Crippen LogP contribution in [-0.2, 0) is 4.79 Å². The molecule has 3 N–H and O–H groups in total. The van der Waals surface area contributed by atoms with Crippen LogP contribution in [0.1, 0.15) is 12.1 Å². The van der Waals surface area contributed by atoms with Crippen molar-refractivity contribution in [1.82, 2.24) is 4.98 Å². The summed E-state index contributed by atoms with van der Waals surface area (Å²) in [4.78, 5) is 16.1. The van der Waals surface area contributed by atoms with Gasteiger partial charge in [0.05, 0.1) is 10.7 Å². The largest absolute Gasteiger partial charge is 0.399 e. The summed E-state index contributed by atoms with van der Waals surface area (Å²) in [6.45, 7) is 1.95. The standard InChI is InChI=1S/C13H14ClN3OS2/c1-8-7-20-13(16-8)19-5-4-12(18)17-11-3-2-9(15)6-10(11)14/h2-3,6-7H,4-5,15H2,1H3,(H,17,18). The number of nitrogens with zero attached hydrogens (tertiary/aromatic N) is 1. The van der Waals surface area contributed by atoms with E-state index in [2.05, 4.69) is 10.3 Å². The van der Waals surface area contributed by atoms with Gasteiger partial charge in [0, 0.05) is 28.9 Å². The number of aromatic nitrogens is 1. The fourth-order valence-electron chi connectivity index (χ4n) is 1.48. The number of carbonyl (C=O) groups excluding carboxylic acids is 1. The Morgan fingerprint density at radius 1 is 1.55 bits per heavy atom. The molecule has 0 aliphatic carbocycles. The fourth-order valence-corrected chi connectivity index (χ4v) is 3.57. The number of nitrogens with one attached hydrogen (secondary N) is 1. The number of rotatable bonds is 5. The number of carbonyl (C=O) groups is 1. The molecule has 0 unspecified atom stereocenters. The van der Waals surface area contributed by atoms with E-state index < -0.39 is 0 Å². The highest BCUT2D eigenvalue weighted by Crippen LogP contribution is 2.25. The number of thiazole rings is 1. The Balaban J connectivity index is 1.80. The Bertz CT molecular complexity index is 615. The summed E-state index contributed by atoms with van der Waals surface area (Å²) in [6, 6.07) is 5.02.